The smallest absolute Gasteiger partial charge is 0.339 e. The van der Waals surface area contributed by atoms with Crippen LogP contribution in [0.5, 0.6) is 5.75 Å². The molecule has 0 fully saturated rings. The van der Waals surface area contributed by atoms with Gasteiger partial charge in [0.1, 0.15) is 35.9 Å². The fourth-order valence-corrected chi connectivity index (χ4v) is 3.77. The first kappa shape index (κ1) is 25.5. The number of carboxylic acid groups (broad SMARTS) is 1. The molecule has 0 aromatic heterocycles. The number of carbonyl (C=O) groups excluding carboxylic acids is 1. The summed E-state index contributed by atoms with van der Waals surface area (Å²) in [5.41, 5.74) is 0.749. The van der Waals surface area contributed by atoms with Crippen molar-refractivity contribution in [1.82, 2.24) is 0 Å². The molecule has 4 aromatic rings. The molecule has 0 aliphatic rings. The molecule has 8 heteroatoms. The molecule has 0 saturated carbocycles. The molecule has 188 valence electrons. The lowest BCUT2D eigenvalue weighted by molar-refractivity contribution is 0.0291. The number of hydrogen-bond acceptors (Lipinski definition) is 4. The number of rotatable bonds is 9. The molecule has 1 unspecified atom stereocenters. The van der Waals surface area contributed by atoms with Gasteiger partial charge in [-0.3, -0.25) is 0 Å². The highest BCUT2D eigenvalue weighted by molar-refractivity contribution is 6.02. The number of ether oxygens (including phenoxy) is 2. The average Bonchev–Trinajstić information content (AvgIpc) is 2.87. The first-order valence-electron chi connectivity index (χ1n) is 11.2. The van der Waals surface area contributed by atoms with E-state index in [1.807, 2.05) is 0 Å². The van der Waals surface area contributed by atoms with E-state index in [2.05, 4.69) is 0 Å². The van der Waals surface area contributed by atoms with Crippen LogP contribution in [0.4, 0.5) is 13.2 Å². The Morgan fingerprint density at radius 3 is 2.00 bits per heavy atom. The van der Waals surface area contributed by atoms with Gasteiger partial charge < -0.3 is 14.6 Å². The maximum absolute atomic E-state index is 13.9. The van der Waals surface area contributed by atoms with Crippen LogP contribution in [-0.2, 0) is 17.8 Å². The second-order valence-electron chi connectivity index (χ2n) is 8.21. The predicted molar refractivity (Wildman–Crippen MR) is 129 cm³/mol. The average molecular weight is 506 g/mol. The van der Waals surface area contributed by atoms with Crippen LogP contribution in [0.2, 0.25) is 0 Å². The van der Waals surface area contributed by atoms with Gasteiger partial charge in [0, 0.05) is 6.42 Å². The molecule has 37 heavy (non-hydrogen) atoms. The summed E-state index contributed by atoms with van der Waals surface area (Å²) in [5, 5.41) is 9.71. The van der Waals surface area contributed by atoms with Gasteiger partial charge in [0.25, 0.3) is 0 Å². The molecule has 0 bridgehead atoms. The Balaban J connectivity index is 1.58. The van der Waals surface area contributed by atoms with Crippen molar-refractivity contribution in [3.8, 4) is 5.75 Å². The first-order valence-corrected chi connectivity index (χ1v) is 11.2. The number of aromatic carboxylic acids is 1. The Kier molecular flexibility index (Phi) is 7.88. The van der Waals surface area contributed by atoms with Crippen LogP contribution in [0, 0.1) is 17.5 Å². The van der Waals surface area contributed by atoms with Crippen LogP contribution in [-0.4, -0.2) is 17.0 Å². The van der Waals surface area contributed by atoms with Gasteiger partial charge in [-0.1, -0.05) is 36.4 Å². The third kappa shape index (κ3) is 6.76. The second kappa shape index (κ2) is 11.4. The van der Waals surface area contributed by atoms with Crippen LogP contribution in [0.1, 0.15) is 43.5 Å². The van der Waals surface area contributed by atoms with E-state index in [0.717, 1.165) is 0 Å². The molecule has 0 aliphatic carbocycles. The Hall–Kier alpha value is -4.59. The highest BCUT2D eigenvalue weighted by Crippen LogP contribution is 2.27. The summed E-state index contributed by atoms with van der Waals surface area (Å²) in [4.78, 5) is 25.0. The molecular weight excluding hydrogens is 485 g/mol. The van der Waals surface area contributed by atoms with Gasteiger partial charge in [0.05, 0.1) is 11.1 Å². The van der Waals surface area contributed by atoms with Crippen LogP contribution in [0.25, 0.3) is 0 Å². The lowest BCUT2D eigenvalue weighted by Crippen LogP contribution is -2.17. The number of halogens is 3. The molecule has 0 amide bonds. The largest absolute Gasteiger partial charge is 0.489 e. The van der Waals surface area contributed by atoms with Gasteiger partial charge in [-0.2, -0.15) is 0 Å². The highest BCUT2D eigenvalue weighted by Gasteiger charge is 2.24. The topological polar surface area (TPSA) is 72.8 Å². The maximum Gasteiger partial charge on any atom is 0.339 e. The molecule has 1 N–H and O–H groups in total. The van der Waals surface area contributed by atoms with Crippen molar-refractivity contribution in [3.63, 3.8) is 0 Å². The summed E-state index contributed by atoms with van der Waals surface area (Å²) in [6.45, 7) is -0.0180. The third-order valence-corrected chi connectivity index (χ3v) is 5.52. The summed E-state index contributed by atoms with van der Waals surface area (Å²) >= 11 is 0. The second-order valence-corrected chi connectivity index (χ2v) is 8.21. The van der Waals surface area contributed by atoms with Gasteiger partial charge >= 0.3 is 11.9 Å². The van der Waals surface area contributed by atoms with Crippen molar-refractivity contribution in [2.45, 2.75) is 19.1 Å². The summed E-state index contributed by atoms with van der Waals surface area (Å²) in [7, 11) is 0. The van der Waals surface area contributed by atoms with Gasteiger partial charge in [-0.25, -0.2) is 22.8 Å². The van der Waals surface area contributed by atoms with Gasteiger partial charge in [0.15, 0.2) is 0 Å². The molecule has 0 spiro atoms. The van der Waals surface area contributed by atoms with Crippen LogP contribution >= 0.6 is 0 Å². The van der Waals surface area contributed by atoms with Crippen molar-refractivity contribution in [3.05, 3.63) is 136 Å². The van der Waals surface area contributed by atoms with Crippen molar-refractivity contribution in [2.24, 2.45) is 0 Å². The van der Waals surface area contributed by atoms with Gasteiger partial charge in [-0.05, 0) is 71.3 Å². The van der Waals surface area contributed by atoms with Crippen LogP contribution in [0.3, 0.4) is 0 Å². The van der Waals surface area contributed by atoms with E-state index in [4.69, 9.17) is 9.47 Å². The summed E-state index contributed by atoms with van der Waals surface area (Å²) < 4.78 is 52.2. The van der Waals surface area contributed by atoms with Crippen molar-refractivity contribution >= 4 is 11.9 Å². The molecule has 0 aliphatic heterocycles. The monoisotopic (exact) mass is 506 g/mol. The summed E-state index contributed by atoms with van der Waals surface area (Å²) in [6.07, 6.45) is -0.986. The molecule has 0 radical (unpaired) electrons. The molecule has 0 heterocycles. The molecule has 5 nitrogen and oxygen atoms in total. The first-order chi connectivity index (χ1) is 17.8. The van der Waals surface area contributed by atoms with Crippen LogP contribution in [0.15, 0.2) is 91.0 Å². The fourth-order valence-electron chi connectivity index (χ4n) is 3.77. The Morgan fingerprint density at radius 2 is 1.35 bits per heavy atom. The maximum atomic E-state index is 13.9. The Labute approximate surface area is 210 Å². The zero-order valence-corrected chi connectivity index (χ0v) is 19.4. The minimum Gasteiger partial charge on any atom is -0.489 e. The van der Waals surface area contributed by atoms with E-state index in [-0.39, 0.29) is 29.9 Å². The predicted octanol–water partition coefficient (Wildman–Crippen LogP) is 6.52. The quantitative estimate of drug-likeness (QED) is 0.262. The number of carboxylic acids is 1. The summed E-state index contributed by atoms with van der Waals surface area (Å²) in [6, 6.07) is 20.7. The standard InChI is InChI=1S/C29H21F3O5/c30-21-7-1-4-18(12-21)14-27(20-6-3-9-23(32)15-20)37-29(35)25-11-10-24(16-26(25)28(33)34)36-17-19-5-2-8-22(31)13-19/h1-13,15-16,27H,14,17H2,(H,33,34). The number of carbonyl (C=O) groups is 2. The lowest BCUT2D eigenvalue weighted by Gasteiger charge is -2.20. The highest BCUT2D eigenvalue weighted by atomic mass is 19.1. The minimum absolute atomic E-state index is 0.0180. The van der Waals surface area contributed by atoms with E-state index in [1.54, 1.807) is 18.2 Å². The number of hydrogen-bond donors (Lipinski definition) is 1. The minimum atomic E-state index is -1.39. The fraction of sp³-hybridized carbons (Fsp3) is 0.103. The number of esters is 1. The van der Waals surface area contributed by atoms with Gasteiger partial charge in [0.2, 0.25) is 0 Å². The molecule has 1 atom stereocenters. The normalized spacial score (nSPS) is 11.5. The Bertz CT molecular complexity index is 1440. The van der Waals surface area contributed by atoms with Crippen LogP contribution < -0.4 is 4.74 Å². The van der Waals surface area contributed by atoms with Gasteiger partial charge in [-0.15, -0.1) is 0 Å². The lowest BCUT2D eigenvalue weighted by atomic mass is 10.0. The van der Waals surface area contributed by atoms with E-state index in [9.17, 15) is 27.9 Å². The van der Waals surface area contributed by atoms with E-state index in [0.29, 0.717) is 16.7 Å². The molecule has 4 rings (SSSR count). The zero-order chi connectivity index (χ0) is 26.4. The third-order valence-electron chi connectivity index (χ3n) is 5.52. The number of benzene rings is 4. The molecule has 4 aromatic carbocycles. The molecule has 0 saturated heterocycles. The van der Waals surface area contributed by atoms with E-state index < -0.39 is 35.5 Å². The van der Waals surface area contributed by atoms with E-state index in [1.165, 1.54) is 72.8 Å². The molecular formula is C29H21F3O5. The van der Waals surface area contributed by atoms with Crippen molar-refractivity contribution in [2.75, 3.05) is 0 Å². The SMILES string of the molecule is O=C(O)c1cc(OCc2cccc(F)c2)ccc1C(=O)OC(Cc1cccc(F)c1)c1cccc(F)c1. The van der Waals surface area contributed by atoms with Crippen molar-refractivity contribution < 1.29 is 37.3 Å². The van der Waals surface area contributed by atoms with Crippen molar-refractivity contribution in [1.29, 1.82) is 0 Å². The van der Waals surface area contributed by atoms with E-state index >= 15 is 0 Å². The Morgan fingerprint density at radius 1 is 0.730 bits per heavy atom. The summed E-state index contributed by atoms with van der Waals surface area (Å²) in [5.74, 6) is -3.67. The zero-order valence-electron chi connectivity index (χ0n) is 19.4.